The lowest BCUT2D eigenvalue weighted by molar-refractivity contribution is -0.0202. The highest BCUT2D eigenvalue weighted by Gasteiger charge is 2.56. The molecule has 8 rings (SSSR count). The second-order valence-electron chi connectivity index (χ2n) is 14.4. The number of rotatable bonds is 12. The van der Waals surface area contributed by atoms with Crippen LogP contribution in [0.3, 0.4) is 0 Å². The molecule has 25 nitrogen and oxygen atoms in total. The summed E-state index contributed by atoms with van der Waals surface area (Å²) in [6.07, 6.45) is -0.103. The number of ether oxygens (including phenoxy) is 5. The number of aromatic nitrogens is 3. The van der Waals surface area contributed by atoms with Crippen LogP contribution < -0.4 is 30.8 Å². The molecular weight excluding hydrogens is 998 g/mol. The van der Waals surface area contributed by atoms with E-state index in [4.69, 9.17) is 66.9 Å². The first kappa shape index (κ1) is 47.8. The number of phenolic OH excluding ortho intramolecular Hbond substituents is 2. The van der Waals surface area contributed by atoms with E-state index in [9.17, 15) is 48.1 Å². The maximum Gasteiger partial charge on any atom is 0.490 e. The summed E-state index contributed by atoms with van der Waals surface area (Å²) in [5.41, 5.74) is 3.59. The number of halogens is 2. The van der Waals surface area contributed by atoms with Gasteiger partial charge in [0.25, 0.3) is 11.5 Å². The maximum atomic E-state index is 13.8. The number of anilines is 1. The van der Waals surface area contributed by atoms with E-state index in [0.29, 0.717) is 0 Å². The van der Waals surface area contributed by atoms with Gasteiger partial charge < -0.3 is 69.1 Å². The Morgan fingerprint density at radius 2 is 1.61 bits per heavy atom. The molecule has 1 amide bonds. The number of aromatic amines is 1. The summed E-state index contributed by atoms with van der Waals surface area (Å²) in [6.45, 7) is -1.02. The second-order valence-corrected chi connectivity index (χ2v) is 19.6. The standard InChI is InChI=1S/C37H32Cl2N5O20P3/c1-57-22-11-20-30(26(38)28(22)45)61-31-21(12-23(58-2)29(46)27(31)39)37(20)19-10-15(5-7-18(19)35(49)62-37)33(47)41-9-3-4-16-13-44(32-25(16)34(48)43-36(40)42-32)24-8-6-17(60-24)14-59-66(53,54)64-67(55,56)63-65(50,51)52/h5,7,10-13,17,24,45-46H,6,8-9,14H2,1-2H3,(H,41,47)(H,53,54)(H,55,56)(H2,50,51,52)(H3,40,42,43,48)/t17-,24+/m0/s1. The summed E-state index contributed by atoms with van der Waals surface area (Å²) < 4.78 is 77.2. The molecule has 30 heteroatoms. The fourth-order valence-electron chi connectivity index (χ4n) is 7.63. The number of phenols is 2. The number of carbonyl (C=O) groups is 2. The number of nitrogens with zero attached hydrogens (tertiary/aromatic N) is 2. The number of phosphoric ester groups is 1. The number of amides is 1. The van der Waals surface area contributed by atoms with Gasteiger partial charge >= 0.3 is 29.4 Å². The van der Waals surface area contributed by atoms with Crippen molar-refractivity contribution in [2.75, 3.05) is 33.1 Å². The third kappa shape index (κ3) is 8.85. The van der Waals surface area contributed by atoms with E-state index in [-0.39, 0.29) is 103 Å². The molecule has 5 aromatic rings. The molecule has 2 aromatic heterocycles. The molecular formula is C37H32Cl2N5O20P3. The lowest BCUT2D eigenvalue weighted by Crippen LogP contribution is -2.34. The van der Waals surface area contributed by atoms with Gasteiger partial charge in [-0.2, -0.15) is 13.6 Å². The molecule has 3 aromatic carbocycles. The van der Waals surface area contributed by atoms with E-state index in [1.807, 2.05) is 0 Å². The molecule has 4 atom stereocenters. The number of hydrogen-bond donors (Lipinski definition) is 9. The smallest absolute Gasteiger partial charge is 0.490 e. The van der Waals surface area contributed by atoms with Crippen LogP contribution in [-0.2, 0) is 41.9 Å². The SMILES string of the molecule is COc1cc2c(c(Cl)c1O)Oc1c(cc(OC)c(O)c1Cl)C21OC(=O)c2ccc(C(=O)NCC#Cc3cn([C@H]4CC[C@@H](COP(=O)(O)OP(=O)(O)OP(=O)(O)O)O4)c4nc(N)[nH]c(=O)c34)cc21. The van der Waals surface area contributed by atoms with Gasteiger partial charge in [-0.1, -0.05) is 35.0 Å². The van der Waals surface area contributed by atoms with E-state index in [0.717, 1.165) is 0 Å². The van der Waals surface area contributed by atoms with Gasteiger partial charge in [-0.15, -0.1) is 0 Å². The number of esters is 1. The topological polar surface area (TPSA) is 369 Å². The van der Waals surface area contributed by atoms with Crippen LogP contribution in [0.25, 0.3) is 11.0 Å². The molecule has 0 aliphatic carbocycles. The first-order chi connectivity index (χ1) is 31.5. The van der Waals surface area contributed by atoms with Crippen molar-refractivity contribution in [2.24, 2.45) is 0 Å². The Balaban J connectivity index is 1.05. The molecule has 354 valence electrons. The monoisotopic (exact) mass is 1030 g/mol. The summed E-state index contributed by atoms with van der Waals surface area (Å²) in [5, 5.41) is 23.6. The summed E-state index contributed by atoms with van der Waals surface area (Å²) >= 11 is 13.2. The van der Waals surface area contributed by atoms with Crippen LogP contribution in [0.2, 0.25) is 10.0 Å². The zero-order valence-electron chi connectivity index (χ0n) is 33.9. The van der Waals surface area contributed by atoms with Crippen LogP contribution in [0.1, 0.15) is 62.0 Å². The number of hydrogen-bond acceptors (Lipinski definition) is 18. The molecule has 1 fully saturated rings. The van der Waals surface area contributed by atoms with E-state index < -0.39 is 76.9 Å². The van der Waals surface area contributed by atoms with Crippen molar-refractivity contribution in [1.82, 2.24) is 19.9 Å². The Labute approximate surface area is 384 Å². The number of nitrogens with one attached hydrogen (secondary N) is 2. The molecule has 10 N–H and O–H groups in total. The van der Waals surface area contributed by atoms with Gasteiger partial charge in [0, 0.05) is 17.3 Å². The van der Waals surface area contributed by atoms with Gasteiger partial charge in [0.2, 0.25) is 5.95 Å². The predicted octanol–water partition coefficient (Wildman–Crippen LogP) is 4.41. The van der Waals surface area contributed by atoms with E-state index in [2.05, 4.69) is 35.7 Å². The van der Waals surface area contributed by atoms with Crippen molar-refractivity contribution in [1.29, 1.82) is 0 Å². The Morgan fingerprint density at radius 1 is 0.970 bits per heavy atom. The minimum atomic E-state index is -5.75. The van der Waals surface area contributed by atoms with Gasteiger partial charge in [0.1, 0.15) is 16.3 Å². The molecule has 0 radical (unpaired) electrons. The molecule has 3 aliphatic heterocycles. The molecule has 1 saturated heterocycles. The summed E-state index contributed by atoms with van der Waals surface area (Å²) in [6, 6.07) is 6.76. The lowest BCUT2D eigenvalue weighted by atomic mass is 9.77. The molecule has 2 unspecified atom stereocenters. The average Bonchev–Trinajstić information content (AvgIpc) is 3.95. The van der Waals surface area contributed by atoms with Crippen LogP contribution in [0, 0.1) is 11.8 Å². The van der Waals surface area contributed by atoms with Crippen molar-refractivity contribution in [3.8, 4) is 46.3 Å². The van der Waals surface area contributed by atoms with Gasteiger partial charge in [-0.25, -0.2) is 18.5 Å². The molecule has 67 heavy (non-hydrogen) atoms. The maximum absolute atomic E-state index is 13.8. The number of methoxy groups -OCH3 is 2. The highest BCUT2D eigenvalue weighted by atomic mass is 35.5. The van der Waals surface area contributed by atoms with Crippen LogP contribution in [-0.4, -0.2) is 89.7 Å². The van der Waals surface area contributed by atoms with Gasteiger partial charge in [-0.3, -0.25) is 19.1 Å². The van der Waals surface area contributed by atoms with Crippen molar-refractivity contribution in [2.45, 2.75) is 30.8 Å². The number of carbonyl (C=O) groups excluding carboxylic acids is 2. The van der Waals surface area contributed by atoms with Crippen LogP contribution >= 0.6 is 46.7 Å². The zero-order chi connectivity index (χ0) is 48.5. The minimum Gasteiger partial charge on any atom is -0.503 e. The first-order valence-electron chi connectivity index (χ1n) is 18.8. The van der Waals surface area contributed by atoms with Gasteiger partial charge in [-0.05, 0) is 43.2 Å². The van der Waals surface area contributed by atoms with Crippen molar-refractivity contribution in [3.63, 3.8) is 0 Å². The number of phosphoric acid groups is 3. The van der Waals surface area contributed by atoms with E-state index >= 15 is 0 Å². The van der Waals surface area contributed by atoms with Crippen LogP contribution in [0.15, 0.2) is 41.3 Å². The average molecular weight is 1030 g/mol. The number of aromatic hydroxyl groups is 2. The third-order valence-corrected chi connectivity index (χ3v) is 14.9. The fraction of sp³-hybridized carbons (Fsp3) is 0.243. The van der Waals surface area contributed by atoms with E-state index in [1.54, 1.807) is 0 Å². The molecule has 1 spiro atoms. The first-order valence-corrected chi connectivity index (χ1v) is 24.1. The van der Waals surface area contributed by atoms with Crippen molar-refractivity contribution >= 4 is 75.5 Å². The number of nitrogen functional groups attached to an aromatic ring is 1. The highest BCUT2D eigenvalue weighted by Crippen LogP contribution is 2.67. The molecule has 3 aliphatic rings. The predicted molar refractivity (Wildman–Crippen MR) is 228 cm³/mol. The van der Waals surface area contributed by atoms with Crippen molar-refractivity contribution < 1.29 is 89.9 Å². The Kier molecular flexibility index (Phi) is 12.4. The number of fused-ring (bicyclic) bond motifs is 7. The molecule has 0 bridgehead atoms. The Hall–Kier alpha value is -5.67. The van der Waals surface area contributed by atoms with Gasteiger partial charge in [0.15, 0.2) is 45.7 Å². The molecule has 0 saturated carbocycles. The summed E-state index contributed by atoms with van der Waals surface area (Å²) in [7, 11) is -14.2. The Bertz CT molecular complexity index is 3150. The third-order valence-electron chi connectivity index (χ3n) is 10.3. The van der Waals surface area contributed by atoms with Crippen molar-refractivity contribution in [3.05, 3.63) is 90.3 Å². The quantitative estimate of drug-likeness (QED) is 0.0474. The number of benzene rings is 3. The normalized spacial score (nSPS) is 18.7. The number of nitrogens with two attached hydrogens (primary N) is 1. The second kappa shape index (κ2) is 17.4. The summed E-state index contributed by atoms with van der Waals surface area (Å²) in [4.78, 5) is 83.9. The largest absolute Gasteiger partial charge is 0.503 e. The lowest BCUT2D eigenvalue weighted by Gasteiger charge is -2.37. The van der Waals surface area contributed by atoms with Gasteiger partial charge in [0.05, 0.1) is 61.1 Å². The van der Waals surface area contributed by atoms with Crippen LogP contribution in [0.5, 0.6) is 34.5 Å². The Morgan fingerprint density at radius 3 is 2.22 bits per heavy atom. The zero-order valence-corrected chi connectivity index (χ0v) is 38.1. The molecule has 5 heterocycles. The van der Waals surface area contributed by atoms with E-state index in [1.165, 1.54) is 55.3 Å². The summed E-state index contributed by atoms with van der Waals surface area (Å²) in [5.74, 6) is 2.12. The fourth-order valence-corrected chi connectivity index (χ4v) is 11.1. The highest BCUT2D eigenvalue weighted by molar-refractivity contribution is 7.66. The van der Waals surface area contributed by atoms with Crippen LogP contribution in [0.4, 0.5) is 5.95 Å². The minimum absolute atomic E-state index is 0.00935. The number of H-pyrrole nitrogens is 1.